The van der Waals surface area contributed by atoms with Crippen LogP contribution >= 0.6 is 0 Å². The molecule has 33 heavy (non-hydrogen) atoms. The van der Waals surface area contributed by atoms with Crippen LogP contribution in [0.1, 0.15) is 24.5 Å². The summed E-state index contributed by atoms with van der Waals surface area (Å²) < 4.78 is 0. The van der Waals surface area contributed by atoms with E-state index in [2.05, 4.69) is 0 Å². The van der Waals surface area contributed by atoms with Crippen molar-refractivity contribution in [2.45, 2.75) is 30.6 Å². The summed E-state index contributed by atoms with van der Waals surface area (Å²) in [6, 6.07) is 3.02. The van der Waals surface area contributed by atoms with Crippen LogP contribution in [0.5, 0.6) is 5.75 Å². The van der Waals surface area contributed by atoms with E-state index in [9.17, 15) is 39.9 Å². The number of hydrogen-bond donors (Lipinski definition) is 6. The minimum absolute atomic E-state index is 0. The molecule has 3 aliphatic carbocycles. The number of nitrogens with zero attached hydrogens (tertiary/aromatic N) is 1. The van der Waals surface area contributed by atoms with Crippen LogP contribution in [0.25, 0.3) is 5.76 Å². The summed E-state index contributed by atoms with van der Waals surface area (Å²) in [7, 11) is 3.01. The maximum absolute atomic E-state index is 13.7. The lowest BCUT2D eigenvalue weighted by atomic mass is 9.54. The molecular formula is C22H26N2O9. The van der Waals surface area contributed by atoms with Crippen molar-refractivity contribution in [1.29, 1.82) is 0 Å². The first-order valence-corrected chi connectivity index (χ1v) is 9.97. The van der Waals surface area contributed by atoms with E-state index in [-0.39, 0.29) is 23.0 Å². The number of carbonyl (C=O) groups excluding carboxylic acids is 3. The summed E-state index contributed by atoms with van der Waals surface area (Å²) in [4.78, 5) is 40.0. The average Bonchev–Trinajstić information content (AvgIpc) is 2.68. The number of amides is 1. The normalized spacial score (nSPS) is 33.3. The Morgan fingerprint density at radius 2 is 1.76 bits per heavy atom. The third-order valence-corrected chi connectivity index (χ3v) is 7.02. The lowest BCUT2D eigenvalue weighted by Gasteiger charge is -2.53. The zero-order valence-electron chi connectivity index (χ0n) is 18.2. The number of primary amides is 1. The highest BCUT2D eigenvalue weighted by molar-refractivity contribution is 6.24. The van der Waals surface area contributed by atoms with Gasteiger partial charge in [-0.05, 0) is 39.1 Å². The van der Waals surface area contributed by atoms with E-state index in [1.165, 1.54) is 44.1 Å². The van der Waals surface area contributed by atoms with E-state index >= 15 is 0 Å². The Morgan fingerprint density at radius 3 is 2.30 bits per heavy atom. The number of rotatable bonds is 2. The van der Waals surface area contributed by atoms with Gasteiger partial charge in [-0.15, -0.1) is 0 Å². The molecule has 0 saturated heterocycles. The Balaban J connectivity index is 0.00000306. The minimum atomic E-state index is -2.75. The zero-order chi connectivity index (χ0) is 23.9. The Bertz CT molecular complexity index is 1150. The number of ketones is 2. The van der Waals surface area contributed by atoms with E-state index in [0.717, 1.165) is 0 Å². The number of Topliss-reactive ketones (excluding diaryl/α,β-unsaturated/α-hetero) is 2. The molecule has 0 aliphatic heterocycles. The van der Waals surface area contributed by atoms with Crippen molar-refractivity contribution < 1.29 is 45.4 Å². The number of carbonyl (C=O) groups is 3. The third-order valence-electron chi connectivity index (χ3n) is 7.02. The van der Waals surface area contributed by atoms with Gasteiger partial charge in [-0.1, -0.05) is 12.1 Å². The van der Waals surface area contributed by atoms with Crippen molar-refractivity contribution in [1.82, 2.24) is 4.90 Å². The van der Waals surface area contributed by atoms with E-state index in [0.29, 0.717) is 0 Å². The van der Waals surface area contributed by atoms with Gasteiger partial charge in [-0.25, -0.2) is 0 Å². The fraction of sp³-hybridized carbons (Fsp3) is 0.409. The van der Waals surface area contributed by atoms with Crippen molar-refractivity contribution in [3.63, 3.8) is 0 Å². The van der Waals surface area contributed by atoms with E-state index in [4.69, 9.17) is 5.73 Å². The molecule has 1 saturated carbocycles. The van der Waals surface area contributed by atoms with Gasteiger partial charge in [0.1, 0.15) is 22.8 Å². The fourth-order valence-electron chi connectivity index (χ4n) is 5.50. The molecule has 0 aromatic heterocycles. The van der Waals surface area contributed by atoms with E-state index in [1.54, 1.807) is 0 Å². The first-order chi connectivity index (χ1) is 14.8. The van der Waals surface area contributed by atoms with Crippen molar-refractivity contribution in [3.8, 4) is 5.75 Å². The summed E-state index contributed by atoms with van der Waals surface area (Å²) in [5, 5.41) is 54.9. The lowest BCUT2D eigenvalue weighted by Crippen LogP contribution is -2.67. The molecule has 0 spiro atoms. The Labute approximate surface area is 188 Å². The van der Waals surface area contributed by atoms with Gasteiger partial charge in [0.15, 0.2) is 11.4 Å². The molecule has 9 N–H and O–H groups in total. The van der Waals surface area contributed by atoms with Gasteiger partial charge in [0, 0.05) is 17.4 Å². The number of nitrogens with two attached hydrogens (primary N) is 1. The summed E-state index contributed by atoms with van der Waals surface area (Å²) in [6.07, 6.45) is -0.200. The molecule has 3 aliphatic rings. The summed E-state index contributed by atoms with van der Waals surface area (Å²) in [5.41, 5.74) is -0.548. The van der Waals surface area contributed by atoms with Crippen LogP contribution in [0.2, 0.25) is 0 Å². The van der Waals surface area contributed by atoms with Gasteiger partial charge < -0.3 is 36.7 Å². The maximum atomic E-state index is 13.7. The monoisotopic (exact) mass is 462 g/mol. The second-order valence-electron chi connectivity index (χ2n) is 8.96. The second-order valence-corrected chi connectivity index (χ2v) is 8.96. The fourth-order valence-corrected chi connectivity index (χ4v) is 5.50. The smallest absolute Gasteiger partial charge is 0.255 e. The molecule has 0 heterocycles. The number of hydrogen-bond acceptors (Lipinski definition) is 9. The van der Waals surface area contributed by atoms with Gasteiger partial charge in [-0.2, -0.15) is 0 Å². The van der Waals surface area contributed by atoms with Crippen molar-refractivity contribution in [2.75, 3.05) is 14.1 Å². The quantitative estimate of drug-likeness (QED) is 0.291. The minimum Gasteiger partial charge on any atom is -0.508 e. The number of aromatic hydroxyl groups is 1. The Morgan fingerprint density at radius 1 is 1.15 bits per heavy atom. The molecule has 1 unspecified atom stereocenters. The lowest BCUT2D eigenvalue weighted by molar-refractivity contribution is -0.159. The number of phenolic OH excluding ortho intramolecular Hbond substituents is 1. The first-order valence-electron chi connectivity index (χ1n) is 9.97. The maximum Gasteiger partial charge on any atom is 0.255 e. The number of fused-ring (bicyclic) bond motifs is 3. The zero-order valence-corrected chi connectivity index (χ0v) is 18.2. The number of aliphatic hydroxyl groups is 4. The van der Waals surface area contributed by atoms with Gasteiger partial charge in [0.25, 0.3) is 5.91 Å². The number of aliphatic hydroxyl groups excluding tert-OH is 2. The van der Waals surface area contributed by atoms with Crippen LogP contribution in [0.4, 0.5) is 0 Å². The number of benzene rings is 1. The third kappa shape index (κ3) is 2.86. The summed E-state index contributed by atoms with van der Waals surface area (Å²) >= 11 is 0. The van der Waals surface area contributed by atoms with Crippen molar-refractivity contribution >= 4 is 23.2 Å². The van der Waals surface area contributed by atoms with Crippen molar-refractivity contribution in [2.24, 2.45) is 17.6 Å². The van der Waals surface area contributed by atoms with Gasteiger partial charge in [-0.3, -0.25) is 19.3 Å². The number of phenols is 1. The molecule has 1 amide bonds. The average molecular weight is 462 g/mol. The highest BCUT2D eigenvalue weighted by Gasteiger charge is 2.66. The Kier molecular flexibility index (Phi) is 5.46. The van der Waals surface area contributed by atoms with Crippen LogP contribution < -0.4 is 5.73 Å². The number of likely N-dealkylation sites (N-methyl/N-ethyl adjacent to an activating group) is 1. The predicted molar refractivity (Wildman–Crippen MR) is 114 cm³/mol. The predicted octanol–water partition coefficient (Wildman–Crippen LogP) is -1.20. The van der Waals surface area contributed by atoms with Crippen LogP contribution in [-0.2, 0) is 20.0 Å². The topological polar surface area (TPSA) is 213 Å². The van der Waals surface area contributed by atoms with Crippen molar-refractivity contribution in [3.05, 3.63) is 46.2 Å². The molecule has 11 nitrogen and oxygen atoms in total. The van der Waals surface area contributed by atoms with Crippen LogP contribution in [0.15, 0.2) is 35.1 Å². The molecule has 1 aromatic rings. The largest absolute Gasteiger partial charge is 0.508 e. The van der Waals surface area contributed by atoms with Crippen LogP contribution in [0.3, 0.4) is 0 Å². The SMILES string of the molecule is CN(C)[C@@H]1C(=O)C(C(N)=O)=C(O)[C@@]2(O)C(=O)C3=C(O)c4c(O)cccc4[C@@](C)(O)C3C[C@@H]12.O. The molecular weight excluding hydrogens is 436 g/mol. The molecule has 11 heteroatoms. The first kappa shape index (κ1) is 24.4. The van der Waals surface area contributed by atoms with Gasteiger partial charge in [0.05, 0.1) is 17.2 Å². The molecule has 4 rings (SSSR count). The van der Waals surface area contributed by atoms with Crippen LogP contribution in [-0.4, -0.2) is 79.1 Å². The summed E-state index contributed by atoms with van der Waals surface area (Å²) in [6.45, 7) is 1.40. The highest BCUT2D eigenvalue weighted by atomic mass is 16.3. The van der Waals surface area contributed by atoms with Gasteiger partial charge >= 0.3 is 0 Å². The summed E-state index contributed by atoms with van der Waals surface area (Å²) in [5.74, 6) is -7.90. The van der Waals surface area contributed by atoms with Crippen LogP contribution in [0, 0.1) is 11.8 Å². The standard InChI is InChI=1S/C22H24N2O8.H2O/c1-21(31)8-5-4-6-11(25)12(8)16(26)13-9(21)7-10-15(24(2)3)17(27)14(20(23)30)19(29)22(10,32)18(13)28;/h4-6,9-10,15,25-26,29,31-32H,7H2,1-3H3,(H2,23,30);1H2/t9?,10-,15-,21+,22-;/m0./s1. The second kappa shape index (κ2) is 7.39. The Hall–Kier alpha value is -3.25. The highest BCUT2D eigenvalue weighted by Crippen LogP contribution is 2.57. The van der Waals surface area contributed by atoms with E-state index in [1.807, 2.05) is 0 Å². The molecule has 1 aromatic carbocycles. The molecule has 5 atom stereocenters. The molecule has 0 radical (unpaired) electrons. The van der Waals surface area contributed by atoms with E-state index < -0.39 is 75.0 Å². The van der Waals surface area contributed by atoms with Gasteiger partial charge in [0.2, 0.25) is 5.78 Å². The molecule has 0 bridgehead atoms. The molecule has 178 valence electrons. The molecule has 1 fully saturated rings.